The lowest BCUT2D eigenvalue weighted by Gasteiger charge is -2.34. The van der Waals surface area contributed by atoms with Gasteiger partial charge in [-0.05, 0) is 54.5 Å². The van der Waals surface area contributed by atoms with Crippen LogP contribution in [0.5, 0.6) is 0 Å². The van der Waals surface area contributed by atoms with Gasteiger partial charge in [-0.1, -0.05) is 19.9 Å². The van der Waals surface area contributed by atoms with E-state index in [-0.39, 0.29) is 17.3 Å². The number of aryl methyl sites for hydroxylation is 1. The molecule has 1 heterocycles. The fourth-order valence-corrected chi connectivity index (χ4v) is 3.21. The van der Waals surface area contributed by atoms with Crippen LogP contribution in [0, 0.1) is 18.2 Å². The topological polar surface area (TPSA) is 30.9 Å². The molecule has 2 aromatic rings. The molecule has 0 spiro atoms. The molecule has 0 amide bonds. The maximum absolute atomic E-state index is 13.8. The summed E-state index contributed by atoms with van der Waals surface area (Å²) >= 11 is 0. The van der Waals surface area contributed by atoms with Crippen LogP contribution in [-0.4, -0.2) is 4.57 Å². The molecule has 3 heteroatoms. The maximum Gasteiger partial charge on any atom is 0.128 e. The van der Waals surface area contributed by atoms with E-state index in [2.05, 4.69) is 24.5 Å². The summed E-state index contributed by atoms with van der Waals surface area (Å²) in [5.74, 6) is -0.163. The molecular weight excluding hydrogens is 251 g/mol. The Morgan fingerprint density at radius 2 is 2.05 bits per heavy atom. The second kappa shape index (κ2) is 4.45. The van der Waals surface area contributed by atoms with Crippen LogP contribution in [0.1, 0.15) is 43.1 Å². The highest BCUT2D eigenvalue weighted by Crippen LogP contribution is 2.40. The van der Waals surface area contributed by atoms with Crippen LogP contribution in [0.4, 0.5) is 4.39 Å². The zero-order chi connectivity index (χ0) is 14.5. The Kier molecular flexibility index (Phi) is 2.98. The first kappa shape index (κ1) is 13.4. The Morgan fingerprint density at radius 1 is 1.30 bits per heavy atom. The SMILES string of the molecule is Cc1ccc(-n2ccc3c2CC(C)(C)CC3N)cc1F. The molecule has 0 aliphatic heterocycles. The van der Waals surface area contributed by atoms with Crippen molar-refractivity contribution < 1.29 is 4.39 Å². The summed E-state index contributed by atoms with van der Waals surface area (Å²) in [6, 6.07) is 7.54. The highest BCUT2D eigenvalue weighted by atomic mass is 19.1. The molecule has 3 rings (SSSR count). The van der Waals surface area contributed by atoms with E-state index >= 15 is 0 Å². The van der Waals surface area contributed by atoms with Crippen molar-refractivity contribution in [3.05, 3.63) is 53.1 Å². The third kappa shape index (κ3) is 2.16. The second-order valence-corrected chi connectivity index (χ2v) is 6.67. The summed E-state index contributed by atoms with van der Waals surface area (Å²) in [5.41, 5.74) is 10.4. The summed E-state index contributed by atoms with van der Waals surface area (Å²) in [6.45, 7) is 6.26. The molecule has 1 aromatic heterocycles. The quantitative estimate of drug-likeness (QED) is 0.838. The largest absolute Gasteiger partial charge is 0.324 e. The van der Waals surface area contributed by atoms with Crippen LogP contribution >= 0.6 is 0 Å². The average molecular weight is 272 g/mol. The van der Waals surface area contributed by atoms with Crippen LogP contribution in [0.3, 0.4) is 0 Å². The van der Waals surface area contributed by atoms with E-state index in [1.807, 2.05) is 18.3 Å². The number of nitrogens with zero attached hydrogens (tertiary/aromatic N) is 1. The van der Waals surface area contributed by atoms with Gasteiger partial charge in [0.05, 0.1) is 0 Å². The lowest BCUT2D eigenvalue weighted by molar-refractivity contribution is 0.278. The van der Waals surface area contributed by atoms with Gasteiger partial charge in [-0.25, -0.2) is 4.39 Å². The Labute approximate surface area is 119 Å². The zero-order valence-electron chi connectivity index (χ0n) is 12.3. The van der Waals surface area contributed by atoms with Gasteiger partial charge in [0.1, 0.15) is 5.82 Å². The first-order valence-electron chi connectivity index (χ1n) is 7.10. The molecule has 20 heavy (non-hydrogen) atoms. The fraction of sp³-hybridized carbons (Fsp3) is 0.412. The number of hydrogen-bond acceptors (Lipinski definition) is 1. The normalized spacial score (nSPS) is 20.8. The monoisotopic (exact) mass is 272 g/mol. The van der Waals surface area contributed by atoms with Crippen molar-refractivity contribution in [2.45, 2.75) is 39.7 Å². The average Bonchev–Trinajstić information content (AvgIpc) is 2.75. The Hall–Kier alpha value is -1.61. The number of halogens is 1. The highest BCUT2D eigenvalue weighted by Gasteiger charge is 2.32. The minimum atomic E-state index is -0.163. The molecule has 0 radical (unpaired) electrons. The van der Waals surface area contributed by atoms with Crippen LogP contribution in [0.25, 0.3) is 5.69 Å². The van der Waals surface area contributed by atoms with Gasteiger partial charge in [-0.3, -0.25) is 0 Å². The molecule has 0 saturated heterocycles. The van der Waals surface area contributed by atoms with E-state index in [9.17, 15) is 4.39 Å². The standard InChI is InChI=1S/C17H21FN2/c1-11-4-5-12(8-14(11)18)20-7-6-13-15(19)9-17(2,3)10-16(13)20/h4-8,15H,9-10,19H2,1-3H3. The van der Waals surface area contributed by atoms with Gasteiger partial charge in [0.25, 0.3) is 0 Å². The third-order valence-electron chi connectivity index (χ3n) is 4.28. The Bertz CT molecular complexity index is 655. The van der Waals surface area contributed by atoms with Gasteiger partial charge in [0.2, 0.25) is 0 Å². The van der Waals surface area contributed by atoms with Crippen LogP contribution < -0.4 is 5.73 Å². The summed E-state index contributed by atoms with van der Waals surface area (Å²) in [7, 11) is 0. The van der Waals surface area contributed by atoms with Crippen molar-refractivity contribution in [3.63, 3.8) is 0 Å². The smallest absolute Gasteiger partial charge is 0.128 e. The summed E-state index contributed by atoms with van der Waals surface area (Å²) in [6.07, 6.45) is 3.97. The van der Waals surface area contributed by atoms with Crippen molar-refractivity contribution in [2.24, 2.45) is 11.1 Å². The zero-order valence-corrected chi connectivity index (χ0v) is 12.3. The number of fused-ring (bicyclic) bond motifs is 1. The number of hydrogen-bond donors (Lipinski definition) is 1. The molecule has 1 atom stereocenters. The second-order valence-electron chi connectivity index (χ2n) is 6.67. The highest BCUT2D eigenvalue weighted by molar-refractivity contribution is 5.42. The van der Waals surface area contributed by atoms with Gasteiger partial charge >= 0.3 is 0 Å². The number of aromatic nitrogens is 1. The first-order chi connectivity index (χ1) is 9.37. The van der Waals surface area contributed by atoms with E-state index in [0.717, 1.165) is 18.5 Å². The molecule has 1 aromatic carbocycles. The maximum atomic E-state index is 13.8. The third-order valence-corrected chi connectivity index (χ3v) is 4.28. The molecule has 1 aliphatic carbocycles. The van der Waals surface area contributed by atoms with E-state index in [0.29, 0.717) is 5.56 Å². The predicted octanol–water partition coefficient (Wildman–Crippen LogP) is 3.90. The molecule has 0 saturated carbocycles. The summed E-state index contributed by atoms with van der Waals surface area (Å²) in [4.78, 5) is 0. The van der Waals surface area contributed by atoms with Gasteiger partial charge in [-0.15, -0.1) is 0 Å². The van der Waals surface area contributed by atoms with E-state index in [4.69, 9.17) is 5.73 Å². The summed E-state index contributed by atoms with van der Waals surface area (Å²) in [5, 5.41) is 0. The van der Waals surface area contributed by atoms with E-state index in [1.54, 1.807) is 13.0 Å². The van der Waals surface area contributed by atoms with Gasteiger partial charge in [0.15, 0.2) is 0 Å². The van der Waals surface area contributed by atoms with Crippen molar-refractivity contribution in [1.29, 1.82) is 0 Å². The van der Waals surface area contributed by atoms with E-state index < -0.39 is 0 Å². The molecule has 106 valence electrons. The van der Waals surface area contributed by atoms with Crippen molar-refractivity contribution in [1.82, 2.24) is 4.57 Å². The number of rotatable bonds is 1. The minimum Gasteiger partial charge on any atom is -0.324 e. The van der Waals surface area contributed by atoms with Gasteiger partial charge in [0, 0.05) is 23.6 Å². The van der Waals surface area contributed by atoms with Crippen LogP contribution in [0.2, 0.25) is 0 Å². The molecule has 2 nitrogen and oxygen atoms in total. The minimum absolute atomic E-state index is 0.0743. The van der Waals surface area contributed by atoms with Crippen molar-refractivity contribution in [2.75, 3.05) is 0 Å². The molecule has 1 unspecified atom stereocenters. The molecule has 0 fully saturated rings. The van der Waals surface area contributed by atoms with Crippen molar-refractivity contribution >= 4 is 0 Å². The lowest BCUT2D eigenvalue weighted by atomic mass is 9.74. The van der Waals surface area contributed by atoms with Crippen LogP contribution in [0.15, 0.2) is 30.5 Å². The Balaban J connectivity index is 2.10. The Morgan fingerprint density at radius 3 is 2.75 bits per heavy atom. The molecule has 0 bridgehead atoms. The first-order valence-corrected chi connectivity index (χ1v) is 7.10. The van der Waals surface area contributed by atoms with Crippen LogP contribution in [-0.2, 0) is 6.42 Å². The molecule has 1 aliphatic rings. The number of nitrogens with two attached hydrogens (primary N) is 1. The molecular formula is C17H21FN2. The fourth-order valence-electron chi connectivity index (χ4n) is 3.21. The number of benzene rings is 1. The molecule has 2 N–H and O–H groups in total. The predicted molar refractivity (Wildman–Crippen MR) is 79.5 cm³/mol. The van der Waals surface area contributed by atoms with E-state index in [1.165, 1.54) is 11.3 Å². The van der Waals surface area contributed by atoms with Crippen molar-refractivity contribution in [3.8, 4) is 5.69 Å². The lowest BCUT2D eigenvalue weighted by Crippen LogP contribution is -2.30. The summed E-state index contributed by atoms with van der Waals surface area (Å²) < 4.78 is 15.9. The van der Waals surface area contributed by atoms with Gasteiger partial charge in [-0.2, -0.15) is 0 Å². The van der Waals surface area contributed by atoms with Gasteiger partial charge < -0.3 is 10.3 Å².